The summed E-state index contributed by atoms with van der Waals surface area (Å²) >= 11 is 1.71. The van der Waals surface area contributed by atoms with E-state index in [-0.39, 0.29) is 0 Å². The number of thiazole rings is 1. The Morgan fingerprint density at radius 1 is 1.25 bits per heavy atom. The third-order valence-electron chi connectivity index (χ3n) is 2.11. The lowest BCUT2D eigenvalue weighted by molar-refractivity contribution is 0.936. The molecular formula is C11H14N4S. The van der Waals surface area contributed by atoms with Crippen molar-refractivity contribution in [2.75, 3.05) is 5.32 Å². The van der Waals surface area contributed by atoms with Crippen LogP contribution in [-0.2, 0) is 13.0 Å². The van der Waals surface area contributed by atoms with Crippen molar-refractivity contribution in [2.24, 2.45) is 0 Å². The van der Waals surface area contributed by atoms with Crippen molar-refractivity contribution >= 4 is 16.5 Å². The molecule has 0 aliphatic carbocycles. The molecule has 0 spiro atoms. The quantitative estimate of drug-likeness (QED) is 0.863. The third-order valence-corrected chi connectivity index (χ3v) is 3.12. The van der Waals surface area contributed by atoms with E-state index in [0.29, 0.717) is 0 Å². The van der Waals surface area contributed by atoms with Gasteiger partial charge in [0.25, 0.3) is 0 Å². The van der Waals surface area contributed by atoms with E-state index in [4.69, 9.17) is 0 Å². The summed E-state index contributed by atoms with van der Waals surface area (Å²) in [5.74, 6) is 0. The maximum atomic E-state index is 4.32. The molecule has 16 heavy (non-hydrogen) atoms. The topological polar surface area (TPSA) is 50.7 Å². The highest BCUT2D eigenvalue weighted by atomic mass is 32.1. The smallest absolute Gasteiger partial charge is 0.183 e. The van der Waals surface area contributed by atoms with E-state index in [1.807, 2.05) is 6.20 Å². The summed E-state index contributed by atoms with van der Waals surface area (Å²) in [5.41, 5.74) is 1.06. The maximum Gasteiger partial charge on any atom is 0.183 e. The summed E-state index contributed by atoms with van der Waals surface area (Å²) in [5, 5.41) is 4.23. The van der Waals surface area contributed by atoms with E-state index < -0.39 is 0 Å². The lowest BCUT2D eigenvalue weighted by atomic mass is 10.3. The van der Waals surface area contributed by atoms with Gasteiger partial charge < -0.3 is 5.32 Å². The van der Waals surface area contributed by atoms with Gasteiger partial charge in [0.1, 0.15) is 6.33 Å². The normalized spacial score (nSPS) is 10.3. The predicted molar refractivity (Wildman–Crippen MR) is 65.5 cm³/mol. The summed E-state index contributed by atoms with van der Waals surface area (Å²) in [4.78, 5) is 13.6. The van der Waals surface area contributed by atoms with Gasteiger partial charge >= 0.3 is 0 Å². The fourth-order valence-electron chi connectivity index (χ4n) is 1.35. The summed E-state index contributed by atoms with van der Waals surface area (Å²) in [7, 11) is 0. The molecule has 1 N–H and O–H groups in total. The third kappa shape index (κ3) is 3.00. The van der Waals surface area contributed by atoms with Gasteiger partial charge in [-0.1, -0.05) is 13.3 Å². The summed E-state index contributed by atoms with van der Waals surface area (Å²) < 4.78 is 0. The number of hydrogen-bond donors (Lipinski definition) is 1. The standard InChI is InChI=1S/C11H14N4S/c1-2-3-10-7-15-11(16-10)14-6-9-4-12-8-13-5-9/h4-5,7-8H,2-3,6H2,1H3,(H,14,15). The Hall–Kier alpha value is -1.49. The molecule has 0 bridgehead atoms. The highest BCUT2D eigenvalue weighted by molar-refractivity contribution is 7.15. The molecule has 0 radical (unpaired) electrons. The average Bonchev–Trinajstić information content (AvgIpc) is 2.76. The van der Waals surface area contributed by atoms with Crippen molar-refractivity contribution in [3.05, 3.63) is 35.4 Å². The molecule has 0 fully saturated rings. The van der Waals surface area contributed by atoms with Crippen molar-refractivity contribution < 1.29 is 0 Å². The summed E-state index contributed by atoms with van der Waals surface area (Å²) in [6.07, 6.45) is 9.35. The Kier molecular flexibility index (Phi) is 3.82. The molecule has 0 amide bonds. The van der Waals surface area contributed by atoms with Crippen LogP contribution in [0.15, 0.2) is 24.9 Å². The Morgan fingerprint density at radius 3 is 2.81 bits per heavy atom. The highest BCUT2D eigenvalue weighted by Crippen LogP contribution is 2.19. The van der Waals surface area contributed by atoms with Gasteiger partial charge in [-0.25, -0.2) is 15.0 Å². The molecule has 2 aromatic heterocycles. The fraction of sp³-hybridized carbons (Fsp3) is 0.364. The van der Waals surface area contributed by atoms with Gasteiger partial charge in [-0.15, -0.1) is 11.3 Å². The zero-order valence-electron chi connectivity index (χ0n) is 9.18. The zero-order valence-corrected chi connectivity index (χ0v) is 10.00. The van der Waals surface area contributed by atoms with Crippen LogP contribution in [0.1, 0.15) is 23.8 Å². The first-order valence-electron chi connectivity index (χ1n) is 5.31. The van der Waals surface area contributed by atoms with Gasteiger partial charge in [-0.05, 0) is 6.42 Å². The first-order chi connectivity index (χ1) is 7.88. The Balaban J connectivity index is 1.89. The van der Waals surface area contributed by atoms with Crippen molar-refractivity contribution in [3.63, 3.8) is 0 Å². The number of anilines is 1. The van der Waals surface area contributed by atoms with Crippen LogP contribution in [0, 0.1) is 0 Å². The molecule has 0 unspecified atom stereocenters. The summed E-state index contributed by atoms with van der Waals surface area (Å²) in [6.45, 7) is 2.90. The second-order valence-corrected chi connectivity index (χ2v) is 4.60. The first kappa shape index (κ1) is 11.0. The molecule has 0 aliphatic rings. The molecule has 4 nitrogen and oxygen atoms in total. The minimum atomic E-state index is 0.722. The molecule has 0 saturated carbocycles. The molecule has 2 aromatic rings. The van der Waals surface area contributed by atoms with Crippen molar-refractivity contribution in [1.82, 2.24) is 15.0 Å². The van der Waals surface area contributed by atoms with Gasteiger partial charge in [0.05, 0.1) is 0 Å². The molecule has 2 rings (SSSR count). The number of aryl methyl sites for hydroxylation is 1. The second kappa shape index (κ2) is 5.55. The maximum absolute atomic E-state index is 4.32. The minimum absolute atomic E-state index is 0.722. The number of nitrogens with one attached hydrogen (secondary N) is 1. The van der Waals surface area contributed by atoms with Gasteiger partial charge in [-0.3, -0.25) is 0 Å². The molecule has 84 valence electrons. The van der Waals surface area contributed by atoms with Crippen LogP contribution in [-0.4, -0.2) is 15.0 Å². The molecule has 0 atom stereocenters. The molecule has 0 aromatic carbocycles. The first-order valence-corrected chi connectivity index (χ1v) is 6.12. The number of aromatic nitrogens is 3. The lowest BCUT2D eigenvalue weighted by Gasteiger charge is -2.00. The van der Waals surface area contributed by atoms with E-state index in [1.165, 1.54) is 11.2 Å². The van der Waals surface area contributed by atoms with Crippen molar-refractivity contribution in [1.29, 1.82) is 0 Å². The SMILES string of the molecule is CCCc1cnc(NCc2cncnc2)s1. The van der Waals surface area contributed by atoms with Crippen LogP contribution in [0.3, 0.4) is 0 Å². The monoisotopic (exact) mass is 234 g/mol. The molecule has 2 heterocycles. The molecule has 0 aliphatic heterocycles. The van der Waals surface area contributed by atoms with E-state index in [9.17, 15) is 0 Å². The van der Waals surface area contributed by atoms with Crippen molar-refractivity contribution in [3.8, 4) is 0 Å². The van der Waals surface area contributed by atoms with Gasteiger partial charge in [0.15, 0.2) is 5.13 Å². The molecule has 0 saturated heterocycles. The average molecular weight is 234 g/mol. The van der Waals surface area contributed by atoms with Gasteiger partial charge in [0.2, 0.25) is 0 Å². The minimum Gasteiger partial charge on any atom is -0.357 e. The van der Waals surface area contributed by atoms with Crippen LogP contribution >= 0.6 is 11.3 Å². The largest absolute Gasteiger partial charge is 0.357 e. The lowest BCUT2D eigenvalue weighted by Crippen LogP contribution is -1.99. The van der Waals surface area contributed by atoms with Crippen LogP contribution in [0.2, 0.25) is 0 Å². The summed E-state index contributed by atoms with van der Waals surface area (Å²) in [6, 6.07) is 0. The fourth-order valence-corrected chi connectivity index (χ4v) is 2.26. The Morgan fingerprint density at radius 2 is 2.06 bits per heavy atom. The van der Waals surface area contributed by atoms with E-state index in [2.05, 4.69) is 27.2 Å². The Bertz CT molecular complexity index is 427. The molecular weight excluding hydrogens is 220 g/mol. The molecule has 5 heteroatoms. The van der Waals surface area contributed by atoms with Gasteiger partial charge in [0, 0.05) is 35.6 Å². The van der Waals surface area contributed by atoms with E-state index in [1.54, 1.807) is 23.7 Å². The van der Waals surface area contributed by atoms with Crippen LogP contribution in [0.5, 0.6) is 0 Å². The highest BCUT2D eigenvalue weighted by Gasteiger charge is 2.00. The van der Waals surface area contributed by atoms with Crippen molar-refractivity contribution in [2.45, 2.75) is 26.3 Å². The number of rotatable bonds is 5. The van der Waals surface area contributed by atoms with E-state index in [0.717, 1.165) is 30.1 Å². The number of nitrogens with zero attached hydrogens (tertiary/aromatic N) is 3. The van der Waals surface area contributed by atoms with Crippen LogP contribution < -0.4 is 5.32 Å². The van der Waals surface area contributed by atoms with Crippen LogP contribution in [0.25, 0.3) is 0 Å². The second-order valence-electron chi connectivity index (χ2n) is 3.48. The van der Waals surface area contributed by atoms with Gasteiger partial charge in [-0.2, -0.15) is 0 Å². The van der Waals surface area contributed by atoms with Crippen LogP contribution in [0.4, 0.5) is 5.13 Å². The predicted octanol–water partition coefficient (Wildman–Crippen LogP) is 2.50. The van der Waals surface area contributed by atoms with E-state index >= 15 is 0 Å². The number of hydrogen-bond acceptors (Lipinski definition) is 5. The zero-order chi connectivity index (χ0) is 11.2. The Labute approximate surface area is 98.8 Å².